The number of rotatable bonds is 3. The first-order valence-electron chi connectivity index (χ1n) is 12.8. The van der Waals surface area contributed by atoms with E-state index in [0.717, 1.165) is 61.8 Å². The predicted octanol–water partition coefficient (Wildman–Crippen LogP) is 3.20. The van der Waals surface area contributed by atoms with Crippen molar-refractivity contribution in [3.05, 3.63) is 40.4 Å². The summed E-state index contributed by atoms with van der Waals surface area (Å²) >= 11 is 1.46. The fourth-order valence-corrected chi connectivity index (χ4v) is 6.49. The first-order chi connectivity index (χ1) is 17.4. The number of hydrogen-bond acceptors (Lipinski definition) is 6. The van der Waals surface area contributed by atoms with Gasteiger partial charge in [-0.05, 0) is 44.2 Å². The molecule has 36 heavy (non-hydrogen) atoms. The number of para-hydroxylation sites is 1. The van der Waals surface area contributed by atoms with Crippen LogP contribution in [0.15, 0.2) is 24.3 Å². The van der Waals surface area contributed by atoms with Crippen molar-refractivity contribution in [3.63, 3.8) is 0 Å². The molecule has 5 rings (SSSR count). The molecule has 4 heterocycles. The lowest BCUT2D eigenvalue weighted by Gasteiger charge is -2.37. The Labute approximate surface area is 216 Å². The predicted molar refractivity (Wildman–Crippen MR) is 141 cm³/mol. The highest BCUT2D eigenvalue weighted by Gasteiger charge is 2.32. The lowest BCUT2D eigenvalue weighted by Crippen LogP contribution is -2.48. The molecule has 3 aliphatic rings. The fourth-order valence-electron chi connectivity index (χ4n) is 5.40. The largest absolute Gasteiger partial charge is 0.348 e. The fraction of sp³-hybridized carbons (Fsp3) is 0.538. The quantitative estimate of drug-likeness (QED) is 0.685. The number of benzene rings is 1. The number of aryl methyl sites for hydroxylation is 1. The molecule has 9 nitrogen and oxygen atoms in total. The average molecular weight is 511 g/mol. The van der Waals surface area contributed by atoms with Crippen molar-refractivity contribution in [1.82, 2.24) is 19.7 Å². The van der Waals surface area contributed by atoms with E-state index < -0.39 is 0 Å². The van der Waals surface area contributed by atoms with Gasteiger partial charge in [0.25, 0.3) is 5.91 Å². The van der Waals surface area contributed by atoms with Gasteiger partial charge in [0, 0.05) is 64.5 Å². The summed E-state index contributed by atoms with van der Waals surface area (Å²) in [5.74, 6) is 0.0727. The van der Waals surface area contributed by atoms with Crippen LogP contribution in [0.3, 0.4) is 0 Å². The van der Waals surface area contributed by atoms with Crippen LogP contribution in [0.25, 0.3) is 0 Å². The van der Waals surface area contributed by atoms with E-state index in [2.05, 4.69) is 16.3 Å². The zero-order valence-corrected chi connectivity index (χ0v) is 21.9. The second-order valence-corrected chi connectivity index (χ2v) is 10.8. The highest BCUT2D eigenvalue weighted by atomic mass is 32.1. The van der Waals surface area contributed by atoms with Gasteiger partial charge in [-0.25, -0.2) is 9.78 Å². The van der Waals surface area contributed by atoms with Gasteiger partial charge in [-0.3, -0.25) is 9.59 Å². The molecule has 1 aromatic heterocycles. The average Bonchev–Trinajstić information content (AvgIpc) is 3.03. The van der Waals surface area contributed by atoms with Crippen molar-refractivity contribution in [2.45, 2.75) is 45.6 Å². The van der Waals surface area contributed by atoms with Gasteiger partial charge in [-0.15, -0.1) is 0 Å². The van der Waals surface area contributed by atoms with Crippen LogP contribution >= 0.6 is 11.3 Å². The lowest BCUT2D eigenvalue weighted by atomic mass is 10.0. The van der Waals surface area contributed by atoms with Crippen LogP contribution in [0.4, 0.5) is 15.6 Å². The molecule has 10 heteroatoms. The minimum atomic E-state index is -0.0165. The molecular formula is C26H34N6O3S. The van der Waals surface area contributed by atoms with Gasteiger partial charge < -0.3 is 24.9 Å². The van der Waals surface area contributed by atoms with Crippen LogP contribution in [0.1, 0.15) is 47.1 Å². The molecule has 1 N–H and O–H groups in total. The maximum atomic E-state index is 13.3. The smallest absolute Gasteiger partial charge is 0.322 e. The molecule has 2 fully saturated rings. The molecule has 0 bridgehead atoms. The first kappa shape index (κ1) is 24.5. The zero-order valence-electron chi connectivity index (χ0n) is 21.0. The van der Waals surface area contributed by atoms with E-state index in [9.17, 15) is 14.4 Å². The number of amides is 4. The maximum absolute atomic E-state index is 13.3. The Morgan fingerprint density at radius 2 is 1.72 bits per heavy atom. The third-order valence-corrected chi connectivity index (χ3v) is 8.73. The minimum absolute atomic E-state index is 0.0114. The number of carbonyl (C=O) groups excluding carboxylic acids is 3. The Morgan fingerprint density at radius 3 is 2.50 bits per heavy atom. The number of nitrogens with zero attached hydrogens (tertiary/aromatic N) is 5. The van der Waals surface area contributed by atoms with Gasteiger partial charge in [-0.1, -0.05) is 29.5 Å². The SMILES string of the molecule is CC(=O)N1CCCN(C(=O)c2sc(N3CCC(N4CCc5ccccc5NC4=O)CC3)nc2C)CC1. The summed E-state index contributed by atoms with van der Waals surface area (Å²) in [4.78, 5) is 51.3. The Bertz CT molecular complexity index is 1140. The maximum Gasteiger partial charge on any atom is 0.322 e. The molecule has 2 aromatic rings. The molecule has 1 aromatic carbocycles. The van der Waals surface area contributed by atoms with E-state index >= 15 is 0 Å². The highest BCUT2D eigenvalue weighted by molar-refractivity contribution is 7.17. The van der Waals surface area contributed by atoms with Crippen molar-refractivity contribution >= 4 is 40.0 Å². The standard InChI is InChI=1S/C26H34N6O3S/c1-18-23(24(34)30-12-5-11-29(16-17-30)19(2)33)36-26(27-18)31-13-9-21(10-14-31)32-15-8-20-6-3-4-7-22(20)28-25(32)35/h3-4,6-7,21H,5,8-17H2,1-2H3,(H,28,35). The van der Waals surface area contributed by atoms with Gasteiger partial charge in [0.1, 0.15) is 4.88 Å². The number of thiazole rings is 1. The van der Waals surface area contributed by atoms with Gasteiger partial charge in [0.05, 0.1) is 5.69 Å². The molecule has 0 aliphatic carbocycles. The van der Waals surface area contributed by atoms with Crippen LogP contribution in [-0.2, 0) is 11.2 Å². The number of hydrogen-bond donors (Lipinski definition) is 1. The molecule has 0 saturated carbocycles. The van der Waals surface area contributed by atoms with Gasteiger partial charge in [0.2, 0.25) is 5.91 Å². The van der Waals surface area contributed by atoms with Gasteiger partial charge in [0.15, 0.2) is 5.13 Å². The number of nitrogens with one attached hydrogen (secondary N) is 1. The van der Waals surface area contributed by atoms with E-state index in [-0.39, 0.29) is 23.9 Å². The van der Waals surface area contributed by atoms with Crippen molar-refractivity contribution in [2.24, 2.45) is 0 Å². The molecule has 0 spiro atoms. The summed E-state index contributed by atoms with van der Waals surface area (Å²) < 4.78 is 0. The van der Waals surface area contributed by atoms with Crippen LogP contribution in [0.2, 0.25) is 0 Å². The third-order valence-electron chi connectivity index (χ3n) is 7.53. The minimum Gasteiger partial charge on any atom is -0.348 e. The lowest BCUT2D eigenvalue weighted by molar-refractivity contribution is -0.128. The summed E-state index contributed by atoms with van der Waals surface area (Å²) in [6.45, 7) is 8.30. The van der Waals surface area contributed by atoms with Gasteiger partial charge in [-0.2, -0.15) is 0 Å². The number of anilines is 2. The number of piperidine rings is 1. The van der Waals surface area contributed by atoms with E-state index in [1.807, 2.05) is 39.8 Å². The second-order valence-electron chi connectivity index (χ2n) is 9.81. The third kappa shape index (κ3) is 5.04. The molecule has 2 saturated heterocycles. The summed E-state index contributed by atoms with van der Waals surface area (Å²) in [5, 5.41) is 3.96. The Balaban J connectivity index is 1.20. The van der Waals surface area contributed by atoms with Crippen molar-refractivity contribution in [3.8, 4) is 0 Å². The second kappa shape index (κ2) is 10.5. The van der Waals surface area contributed by atoms with Crippen LogP contribution in [0, 0.1) is 6.92 Å². The first-order valence-corrected chi connectivity index (χ1v) is 13.6. The normalized spacial score (nSPS) is 19.4. The molecular weight excluding hydrogens is 476 g/mol. The summed E-state index contributed by atoms with van der Waals surface area (Å²) in [6, 6.07) is 8.19. The topological polar surface area (TPSA) is 89.1 Å². The van der Waals surface area contributed by atoms with E-state index in [4.69, 9.17) is 4.98 Å². The summed E-state index contributed by atoms with van der Waals surface area (Å²) in [5.41, 5.74) is 2.86. The molecule has 0 unspecified atom stereocenters. The van der Waals surface area contributed by atoms with Crippen LogP contribution < -0.4 is 10.2 Å². The van der Waals surface area contributed by atoms with E-state index in [1.54, 1.807) is 6.92 Å². The van der Waals surface area contributed by atoms with Gasteiger partial charge >= 0.3 is 6.03 Å². The zero-order chi connectivity index (χ0) is 25.2. The van der Waals surface area contributed by atoms with Crippen LogP contribution in [0.5, 0.6) is 0 Å². The van der Waals surface area contributed by atoms with E-state index in [0.29, 0.717) is 31.1 Å². The van der Waals surface area contributed by atoms with Crippen molar-refractivity contribution in [2.75, 3.05) is 56.0 Å². The number of fused-ring (bicyclic) bond motifs is 1. The van der Waals surface area contributed by atoms with E-state index in [1.165, 1.54) is 16.9 Å². The molecule has 192 valence electrons. The highest BCUT2D eigenvalue weighted by Crippen LogP contribution is 2.31. The number of aromatic nitrogens is 1. The summed E-state index contributed by atoms with van der Waals surface area (Å²) in [6.07, 6.45) is 3.39. The van der Waals surface area contributed by atoms with Crippen molar-refractivity contribution in [1.29, 1.82) is 0 Å². The number of urea groups is 1. The monoisotopic (exact) mass is 510 g/mol. The molecule has 0 radical (unpaired) electrons. The Morgan fingerprint density at radius 1 is 1.00 bits per heavy atom. The van der Waals surface area contributed by atoms with Crippen LogP contribution in [-0.4, -0.2) is 89.4 Å². The Kier molecular flexibility index (Phi) is 7.13. The van der Waals surface area contributed by atoms with Crippen molar-refractivity contribution < 1.29 is 14.4 Å². The molecule has 0 atom stereocenters. The molecule has 3 aliphatic heterocycles. The molecule has 4 amide bonds. The summed E-state index contributed by atoms with van der Waals surface area (Å²) in [7, 11) is 0. The Hall–Kier alpha value is -3.14. The number of carbonyl (C=O) groups is 3.